The molecule has 0 saturated carbocycles. The number of aromatic nitrogens is 2. The van der Waals surface area contributed by atoms with E-state index in [2.05, 4.69) is 10.4 Å². The SMILES string of the molecule is CCn1nc(C)c(Cl)c1CNCC(N)=O. The van der Waals surface area contributed by atoms with Gasteiger partial charge >= 0.3 is 0 Å². The Morgan fingerprint density at radius 2 is 2.33 bits per heavy atom. The van der Waals surface area contributed by atoms with Crippen LogP contribution in [-0.4, -0.2) is 22.2 Å². The van der Waals surface area contributed by atoms with Crippen molar-refractivity contribution in [1.82, 2.24) is 15.1 Å². The smallest absolute Gasteiger partial charge is 0.231 e. The number of amides is 1. The zero-order valence-corrected chi connectivity index (χ0v) is 9.64. The van der Waals surface area contributed by atoms with Gasteiger partial charge in [-0.15, -0.1) is 0 Å². The summed E-state index contributed by atoms with van der Waals surface area (Å²) in [5.74, 6) is -0.384. The molecule has 0 radical (unpaired) electrons. The van der Waals surface area contributed by atoms with Crippen molar-refractivity contribution < 1.29 is 4.79 Å². The average molecular weight is 231 g/mol. The van der Waals surface area contributed by atoms with Crippen LogP contribution < -0.4 is 11.1 Å². The molecule has 0 spiro atoms. The summed E-state index contributed by atoms with van der Waals surface area (Å²) in [4.78, 5) is 10.5. The molecule has 0 fully saturated rings. The van der Waals surface area contributed by atoms with Gasteiger partial charge < -0.3 is 11.1 Å². The van der Waals surface area contributed by atoms with Crippen molar-refractivity contribution in [2.45, 2.75) is 26.9 Å². The second-order valence-electron chi connectivity index (χ2n) is 3.23. The Bertz CT molecular complexity index is 361. The molecule has 0 bridgehead atoms. The first-order chi connectivity index (χ1) is 7.06. The normalized spacial score (nSPS) is 10.6. The lowest BCUT2D eigenvalue weighted by Gasteiger charge is -2.05. The zero-order valence-electron chi connectivity index (χ0n) is 8.88. The second-order valence-corrected chi connectivity index (χ2v) is 3.61. The van der Waals surface area contributed by atoms with E-state index in [1.165, 1.54) is 0 Å². The van der Waals surface area contributed by atoms with Gasteiger partial charge in [0.2, 0.25) is 5.91 Å². The first-order valence-corrected chi connectivity index (χ1v) is 5.14. The summed E-state index contributed by atoms with van der Waals surface area (Å²) in [6, 6.07) is 0. The second kappa shape index (κ2) is 5.14. The van der Waals surface area contributed by atoms with Gasteiger partial charge in [-0.25, -0.2) is 0 Å². The fraction of sp³-hybridized carbons (Fsp3) is 0.556. The van der Waals surface area contributed by atoms with E-state index >= 15 is 0 Å². The largest absolute Gasteiger partial charge is 0.369 e. The van der Waals surface area contributed by atoms with E-state index < -0.39 is 0 Å². The van der Waals surface area contributed by atoms with Gasteiger partial charge in [0, 0.05) is 13.1 Å². The van der Waals surface area contributed by atoms with Crippen molar-refractivity contribution in [1.29, 1.82) is 0 Å². The lowest BCUT2D eigenvalue weighted by atomic mass is 10.3. The van der Waals surface area contributed by atoms with E-state index in [0.29, 0.717) is 11.6 Å². The number of nitrogens with two attached hydrogens (primary N) is 1. The predicted molar refractivity (Wildman–Crippen MR) is 58.5 cm³/mol. The minimum Gasteiger partial charge on any atom is -0.369 e. The molecule has 0 aromatic carbocycles. The highest BCUT2D eigenvalue weighted by molar-refractivity contribution is 6.31. The van der Waals surface area contributed by atoms with E-state index in [1.54, 1.807) is 0 Å². The maximum atomic E-state index is 10.5. The molecule has 0 aliphatic carbocycles. The Balaban J connectivity index is 2.70. The van der Waals surface area contributed by atoms with E-state index in [-0.39, 0.29) is 12.5 Å². The minimum absolute atomic E-state index is 0.143. The van der Waals surface area contributed by atoms with Crippen molar-refractivity contribution in [2.24, 2.45) is 5.73 Å². The van der Waals surface area contributed by atoms with E-state index in [1.807, 2.05) is 18.5 Å². The fourth-order valence-electron chi connectivity index (χ4n) is 1.34. The fourth-order valence-corrected chi connectivity index (χ4v) is 1.54. The Morgan fingerprint density at radius 1 is 1.67 bits per heavy atom. The molecule has 1 rings (SSSR count). The van der Waals surface area contributed by atoms with Gasteiger partial charge in [-0.2, -0.15) is 5.10 Å². The Morgan fingerprint density at radius 3 is 2.87 bits per heavy atom. The first kappa shape index (κ1) is 12.0. The van der Waals surface area contributed by atoms with Gasteiger partial charge in [-0.05, 0) is 13.8 Å². The molecule has 0 unspecified atom stereocenters. The molecule has 1 amide bonds. The number of hydrogen-bond acceptors (Lipinski definition) is 3. The zero-order chi connectivity index (χ0) is 11.4. The van der Waals surface area contributed by atoms with E-state index in [0.717, 1.165) is 17.9 Å². The number of primary amides is 1. The van der Waals surface area contributed by atoms with Gasteiger partial charge in [-0.3, -0.25) is 9.48 Å². The van der Waals surface area contributed by atoms with Crippen LogP contribution in [0.3, 0.4) is 0 Å². The molecule has 1 aromatic rings. The number of nitrogens with one attached hydrogen (secondary N) is 1. The lowest BCUT2D eigenvalue weighted by Crippen LogP contribution is -2.29. The van der Waals surface area contributed by atoms with Crippen LogP contribution in [-0.2, 0) is 17.9 Å². The Labute approximate surface area is 93.6 Å². The van der Waals surface area contributed by atoms with Crippen molar-refractivity contribution in [2.75, 3.05) is 6.54 Å². The number of halogens is 1. The van der Waals surface area contributed by atoms with Gasteiger partial charge in [0.1, 0.15) is 0 Å². The molecule has 6 heteroatoms. The molecule has 0 aliphatic heterocycles. The first-order valence-electron chi connectivity index (χ1n) is 4.77. The van der Waals surface area contributed by atoms with Gasteiger partial charge in [0.25, 0.3) is 0 Å². The Hall–Kier alpha value is -1.07. The highest BCUT2D eigenvalue weighted by Gasteiger charge is 2.11. The third-order valence-electron chi connectivity index (χ3n) is 2.04. The maximum Gasteiger partial charge on any atom is 0.231 e. The minimum atomic E-state index is -0.384. The molecular weight excluding hydrogens is 216 g/mol. The highest BCUT2D eigenvalue weighted by Crippen LogP contribution is 2.19. The third-order valence-corrected chi connectivity index (χ3v) is 2.54. The molecule has 0 saturated heterocycles. The summed E-state index contributed by atoms with van der Waals surface area (Å²) in [5, 5.41) is 7.81. The van der Waals surface area contributed by atoms with Crippen molar-refractivity contribution in [3.8, 4) is 0 Å². The summed E-state index contributed by atoms with van der Waals surface area (Å²) in [5.41, 5.74) is 6.70. The van der Waals surface area contributed by atoms with Crippen molar-refractivity contribution in [3.63, 3.8) is 0 Å². The van der Waals surface area contributed by atoms with E-state index in [4.69, 9.17) is 17.3 Å². The topological polar surface area (TPSA) is 72.9 Å². The van der Waals surface area contributed by atoms with Crippen molar-refractivity contribution >= 4 is 17.5 Å². The molecule has 84 valence electrons. The van der Waals surface area contributed by atoms with Crippen LogP contribution in [0.1, 0.15) is 18.3 Å². The third kappa shape index (κ3) is 2.94. The van der Waals surface area contributed by atoms with Crippen LogP contribution in [0.25, 0.3) is 0 Å². The summed E-state index contributed by atoms with van der Waals surface area (Å²) in [7, 11) is 0. The predicted octanol–water partition coefficient (Wildman–Crippen LogP) is 0.440. The van der Waals surface area contributed by atoms with Crippen LogP contribution in [0.5, 0.6) is 0 Å². The van der Waals surface area contributed by atoms with Crippen LogP contribution in [0, 0.1) is 6.92 Å². The van der Waals surface area contributed by atoms with Gasteiger partial charge in [0.05, 0.1) is 23.0 Å². The lowest BCUT2D eigenvalue weighted by molar-refractivity contribution is -0.117. The molecule has 0 atom stereocenters. The van der Waals surface area contributed by atoms with Crippen molar-refractivity contribution in [3.05, 3.63) is 16.4 Å². The van der Waals surface area contributed by atoms with E-state index in [9.17, 15) is 4.79 Å². The number of carbonyl (C=O) groups excluding carboxylic acids is 1. The van der Waals surface area contributed by atoms with Crippen LogP contribution in [0.2, 0.25) is 5.02 Å². The molecule has 1 heterocycles. The van der Waals surface area contributed by atoms with Gasteiger partial charge in [0.15, 0.2) is 0 Å². The average Bonchev–Trinajstić information content (AvgIpc) is 2.44. The number of nitrogens with zero attached hydrogens (tertiary/aromatic N) is 2. The monoisotopic (exact) mass is 230 g/mol. The molecule has 1 aromatic heterocycles. The number of rotatable bonds is 5. The summed E-state index contributed by atoms with van der Waals surface area (Å²) in [6.45, 7) is 5.23. The van der Waals surface area contributed by atoms with Crippen LogP contribution in [0.4, 0.5) is 0 Å². The molecule has 0 aliphatic rings. The quantitative estimate of drug-likeness (QED) is 0.771. The van der Waals surface area contributed by atoms with Crippen LogP contribution in [0.15, 0.2) is 0 Å². The number of carbonyl (C=O) groups is 1. The molecule has 5 nitrogen and oxygen atoms in total. The summed E-state index contributed by atoms with van der Waals surface area (Å²) >= 11 is 6.07. The molecule has 15 heavy (non-hydrogen) atoms. The number of aryl methyl sites for hydroxylation is 2. The molecule has 3 N–H and O–H groups in total. The standard InChI is InChI=1S/C9H15ClN4O/c1-3-14-7(4-12-5-8(11)15)9(10)6(2)13-14/h12H,3-5H2,1-2H3,(H2,11,15). The Kier molecular flexibility index (Phi) is 4.11. The summed E-state index contributed by atoms with van der Waals surface area (Å²) in [6.07, 6.45) is 0. The number of hydrogen-bond donors (Lipinski definition) is 2. The van der Waals surface area contributed by atoms with Crippen LogP contribution >= 0.6 is 11.6 Å². The maximum absolute atomic E-state index is 10.5. The van der Waals surface area contributed by atoms with Gasteiger partial charge in [-0.1, -0.05) is 11.6 Å². The molecular formula is C9H15ClN4O. The highest BCUT2D eigenvalue weighted by atomic mass is 35.5. The summed E-state index contributed by atoms with van der Waals surface area (Å²) < 4.78 is 1.81.